The van der Waals surface area contributed by atoms with E-state index in [4.69, 9.17) is 0 Å². The predicted octanol–water partition coefficient (Wildman–Crippen LogP) is 2.32. The van der Waals surface area contributed by atoms with Crippen molar-refractivity contribution < 1.29 is 24.2 Å². The Morgan fingerprint density at radius 3 is 2.57 bits per heavy atom. The molecule has 1 aliphatic heterocycles. The number of carbonyl (C=O) groups is 3. The topological polar surface area (TPSA) is 83.9 Å². The fourth-order valence-electron chi connectivity index (χ4n) is 3.24. The summed E-state index contributed by atoms with van der Waals surface area (Å²) in [7, 11) is 1.25. The zero-order valence-corrected chi connectivity index (χ0v) is 11.9. The van der Waals surface area contributed by atoms with E-state index in [2.05, 4.69) is 4.74 Å². The molecule has 1 amide bonds. The monoisotopic (exact) mass is 293 g/mol. The van der Waals surface area contributed by atoms with Crippen molar-refractivity contribution in [3.8, 4) is 0 Å². The highest BCUT2D eigenvalue weighted by molar-refractivity contribution is 5.83. The maximum atomic E-state index is 11.8. The molecule has 1 fully saturated rings. The first-order valence-corrected chi connectivity index (χ1v) is 7.00. The molecule has 0 bridgehead atoms. The second-order valence-corrected chi connectivity index (χ2v) is 5.47. The molecule has 6 nitrogen and oxygen atoms in total. The lowest BCUT2D eigenvalue weighted by Gasteiger charge is -2.40. The number of allylic oxidation sites excluding steroid dienone is 2. The van der Waals surface area contributed by atoms with Crippen LogP contribution in [0.3, 0.4) is 0 Å². The average Bonchev–Trinajstić information content (AvgIpc) is 2.53. The van der Waals surface area contributed by atoms with Crippen molar-refractivity contribution in [1.82, 2.24) is 4.90 Å². The Labute approximate surface area is 123 Å². The van der Waals surface area contributed by atoms with Crippen LogP contribution in [0.2, 0.25) is 0 Å². The SMILES string of the molecule is COC(=O)N1C=CC(C2(C(=O)O)CCCCC2)C(C=O)=C1. The van der Waals surface area contributed by atoms with Gasteiger partial charge in [-0.2, -0.15) is 0 Å². The van der Waals surface area contributed by atoms with Crippen LogP contribution in [-0.4, -0.2) is 35.5 Å². The molecule has 0 saturated heterocycles. The van der Waals surface area contributed by atoms with E-state index in [1.165, 1.54) is 19.5 Å². The Balaban J connectivity index is 2.34. The molecule has 21 heavy (non-hydrogen) atoms. The van der Waals surface area contributed by atoms with Gasteiger partial charge < -0.3 is 9.84 Å². The molecular formula is C15H19NO5. The van der Waals surface area contributed by atoms with Gasteiger partial charge in [-0.1, -0.05) is 25.3 Å². The number of ether oxygens (including phenoxy) is 1. The van der Waals surface area contributed by atoms with Crippen LogP contribution in [0.5, 0.6) is 0 Å². The molecule has 1 atom stereocenters. The van der Waals surface area contributed by atoms with E-state index >= 15 is 0 Å². The zero-order chi connectivity index (χ0) is 15.5. The molecule has 0 aromatic heterocycles. The molecule has 0 aromatic carbocycles. The number of carboxylic acids is 1. The Hall–Kier alpha value is -2.11. The van der Waals surface area contributed by atoms with Crippen molar-refractivity contribution in [2.24, 2.45) is 11.3 Å². The first-order chi connectivity index (χ1) is 10.0. The van der Waals surface area contributed by atoms with Crippen molar-refractivity contribution in [1.29, 1.82) is 0 Å². The summed E-state index contributed by atoms with van der Waals surface area (Å²) in [5.74, 6) is -1.38. The quantitative estimate of drug-likeness (QED) is 0.807. The van der Waals surface area contributed by atoms with E-state index in [1.54, 1.807) is 6.08 Å². The van der Waals surface area contributed by atoms with Crippen molar-refractivity contribution in [3.05, 3.63) is 24.0 Å². The lowest BCUT2D eigenvalue weighted by atomic mass is 9.63. The number of aliphatic carboxylic acids is 1. The summed E-state index contributed by atoms with van der Waals surface area (Å²) in [5, 5.41) is 9.69. The van der Waals surface area contributed by atoms with Gasteiger partial charge in [-0.15, -0.1) is 0 Å². The third-order valence-corrected chi connectivity index (χ3v) is 4.37. The highest BCUT2D eigenvalue weighted by atomic mass is 16.5. The van der Waals surface area contributed by atoms with Crippen LogP contribution in [0.15, 0.2) is 24.0 Å². The second-order valence-electron chi connectivity index (χ2n) is 5.47. The Morgan fingerprint density at radius 1 is 1.38 bits per heavy atom. The lowest BCUT2D eigenvalue weighted by molar-refractivity contribution is -0.153. The summed E-state index contributed by atoms with van der Waals surface area (Å²) in [6, 6.07) is 0. The van der Waals surface area contributed by atoms with Crippen molar-refractivity contribution in [2.45, 2.75) is 32.1 Å². The van der Waals surface area contributed by atoms with Crippen LogP contribution < -0.4 is 0 Å². The van der Waals surface area contributed by atoms with Gasteiger partial charge in [0.15, 0.2) is 0 Å². The molecule has 0 radical (unpaired) electrons. The van der Waals surface area contributed by atoms with Gasteiger partial charge in [0.25, 0.3) is 0 Å². The van der Waals surface area contributed by atoms with Crippen LogP contribution in [0, 0.1) is 11.3 Å². The van der Waals surface area contributed by atoms with Crippen LogP contribution in [-0.2, 0) is 14.3 Å². The maximum absolute atomic E-state index is 11.8. The lowest BCUT2D eigenvalue weighted by Crippen LogP contribution is -2.42. The summed E-state index contributed by atoms with van der Waals surface area (Å²) in [6.07, 6.45) is 8.25. The predicted molar refractivity (Wildman–Crippen MR) is 74.2 cm³/mol. The van der Waals surface area contributed by atoms with Crippen LogP contribution >= 0.6 is 0 Å². The van der Waals surface area contributed by atoms with Crippen molar-refractivity contribution >= 4 is 18.3 Å². The molecule has 1 heterocycles. The number of carbonyl (C=O) groups excluding carboxylic acids is 2. The number of hydrogen-bond donors (Lipinski definition) is 1. The number of amides is 1. The smallest absolute Gasteiger partial charge is 0.417 e. The minimum absolute atomic E-state index is 0.298. The van der Waals surface area contributed by atoms with Crippen LogP contribution in [0.25, 0.3) is 0 Å². The second kappa shape index (κ2) is 6.11. The molecule has 6 heteroatoms. The molecule has 2 rings (SSSR count). The molecule has 1 aliphatic carbocycles. The number of nitrogens with zero attached hydrogens (tertiary/aromatic N) is 1. The van der Waals surface area contributed by atoms with Gasteiger partial charge in [-0.3, -0.25) is 14.5 Å². The minimum Gasteiger partial charge on any atom is -0.481 e. The van der Waals surface area contributed by atoms with Gasteiger partial charge in [0.2, 0.25) is 0 Å². The van der Waals surface area contributed by atoms with Gasteiger partial charge in [0.1, 0.15) is 6.29 Å². The normalized spacial score (nSPS) is 24.1. The standard InChI is InChI=1S/C15H19NO5/c1-21-14(20)16-8-5-12(11(9-16)10-17)15(13(18)19)6-3-2-4-7-15/h5,8-10,12H,2-4,6-7H2,1H3,(H,18,19). The van der Waals surface area contributed by atoms with E-state index in [0.29, 0.717) is 24.7 Å². The van der Waals surface area contributed by atoms with Crippen molar-refractivity contribution in [3.63, 3.8) is 0 Å². The van der Waals surface area contributed by atoms with Crippen LogP contribution in [0.4, 0.5) is 4.79 Å². The Kier molecular flexibility index (Phi) is 4.45. The number of rotatable bonds is 3. The Morgan fingerprint density at radius 2 is 2.05 bits per heavy atom. The number of methoxy groups -OCH3 is 1. The van der Waals surface area contributed by atoms with E-state index in [0.717, 1.165) is 24.2 Å². The molecule has 1 unspecified atom stereocenters. The highest BCUT2D eigenvalue weighted by Gasteiger charge is 2.47. The fraction of sp³-hybridized carbons (Fsp3) is 0.533. The summed E-state index contributed by atoms with van der Waals surface area (Å²) in [6.45, 7) is 0. The minimum atomic E-state index is -0.955. The maximum Gasteiger partial charge on any atom is 0.417 e. The van der Waals surface area contributed by atoms with Gasteiger partial charge in [0.05, 0.1) is 12.5 Å². The summed E-state index contributed by atoms with van der Waals surface area (Å²) < 4.78 is 4.59. The number of aldehydes is 1. The molecular weight excluding hydrogens is 274 g/mol. The van der Waals surface area contributed by atoms with Crippen molar-refractivity contribution in [2.75, 3.05) is 7.11 Å². The third-order valence-electron chi connectivity index (χ3n) is 4.37. The molecule has 0 aromatic rings. The summed E-state index contributed by atoms with van der Waals surface area (Å²) in [5.41, 5.74) is -0.656. The van der Waals surface area contributed by atoms with Crippen LogP contribution in [0.1, 0.15) is 32.1 Å². The fourth-order valence-corrected chi connectivity index (χ4v) is 3.24. The van der Waals surface area contributed by atoms with Gasteiger partial charge >= 0.3 is 12.1 Å². The summed E-state index contributed by atoms with van der Waals surface area (Å²) >= 11 is 0. The summed E-state index contributed by atoms with van der Waals surface area (Å²) in [4.78, 5) is 35.8. The van der Waals surface area contributed by atoms with E-state index in [1.807, 2.05) is 0 Å². The number of hydrogen-bond acceptors (Lipinski definition) is 4. The van der Waals surface area contributed by atoms with Gasteiger partial charge in [0, 0.05) is 23.9 Å². The highest BCUT2D eigenvalue weighted by Crippen LogP contribution is 2.47. The van der Waals surface area contributed by atoms with Gasteiger partial charge in [-0.25, -0.2) is 4.79 Å². The first kappa shape index (κ1) is 15.3. The Bertz CT molecular complexity index is 502. The largest absolute Gasteiger partial charge is 0.481 e. The third kappa shape index (κ3) is 2.70. The molecule has 0 spiro atoms. The van der Waals surface area contributed by atoms with E-state index in [9.17, 15) is 19.5 Å². The zero-order valence-electron chi connectivity index (χ0n) is 11.9. The number of carboxylic acid groups (broad SMARTS) is 1. The average molecular weight is 293 g/mol. The molecule has 1 N–H and O–H groups in total. The molecule has 1 saturated carbocycles. The first-order valence-electron chi connectivity index (χ1n) is 7.00. The molecule has 114 valence electrons. The molecule has 2 aliphatic rings. The van der Waals surface area contributed by atoms with E-state index < -0.39 is 23.4 Å². The van der Waals surface area contributed by atoms with E-state index in [-0.39, 0.29) is 0 Å². The van der Waals surface area contributed by atoms with Gasteiger partial charge in [-0.05, 0) is 12.8 Å².